The number of hydrogen-bond donors (Lipinski definition) is 2. The van der Waals surface area contributed by atoms with E-state index in [0.717, 1.165) is 13.0 Å². The number of sulfonamides is 1. The molecule has 0 aliphatic carbocycles. The molecule has 1 aliphatic heterocycles. The lowest BCUT2D eigenvalue weighted by molar-refractivity contribution is -0.904. The third-order valence-electron chi connectivity index (χ3n) is 4.22. The van der Waals surface area contributed by atoms with Crippen LogP contribution >= 0.6 is 0 Å². The van der Waals surface area contributed by atoms with Gasteiger partial charge in [0.25, 0.3) is 0 Å². The zero-order valence-electron chi connectivity index (χ0n) is 13.9. The summed E-state index contributed by atoms with van der Waals surface area (Å²) in [5.41, 5.74) is 0. The number of nitrogens with one attached hydrogen (secondary N) is 2. The van der Waals surface area contributed by atoms with Gasteiger partial charge in [0.2, 0.25) is 10.0 Å². The highest BCUT2D eigenvalue weighted by Gasteiger charge is 2.20. The van der Waals surface area contributed by atoms with E-state index in [2.05, 4.69) is 4.72 Å². The first-order chi connectivity index (χ1) is 11.1. The van der Waals surface area contributed by atoms with E-state index in [1.807, 2.05) is 0 Å². The van der Waals surface area contributed by atoms with E-state index < -0.39 is 10.0 Å². The average Bonchev–Trinajstić information content (AvgIpc) is 2.59. The molecule has 0 radical (unpaired) electrons. The molecule has 0 amide bonds. The summed E-state index contributed by atoms with van der Waals surface area (Å²) in [5.74, 6) is 0.809. The Balaban J connectivity index is 1.93. The number of ether oxygens (including phenoxy) is 2. The predicted molar refractivity (Wildman–Crippen MR) is 88.8 cm³/mol. The highest BCUT2D eigenvalue weighted by molar-refractivity contribution is 7.89. The Hall–Kier alpha value is -1.31. The fourth-order valence-electron chi connectivity index (χ4n) is 2.92. The third-order valence-corrected chi connectivity index (χ3v) is 5.70. The van der Waals surface area contributed by atoms with E-state index in [9.17, 15) is 8.42 Å². The first-order valence-corrected chi connectivity index (χ1v) is 9.60. The first kappa shape index (κ1) is 18.0. The van der Waals surface area contributed by atoms with Crippen molar-refractivity contribution >= 4 is 10.0 Å². The normalized spacial score (nSPS) is 16.3. The zero-order valence-corrected chi connectivity index (χ0v) is 14.7. The maximum Gasteiger partial charge on any atom is 0.244 e. The molecule has 0 bridgehead atoms. The van der Waals surface area contributed by atoms with Crippen molar-refractivity contribution in [2.45, 2.75) is 30.6 Å². The predicted octanol–water partition coefficient (Wildman–Crippen LogP) is 0.441. The van der Waals surface area contributed by atoms with Crippen LogP contribution in [0.1, 0.15) is 25.7 Å². The SMILES string of the molecule is COc1ccc(OC)c(S(=O)(=O)NCCC[NH+]2CCCCC2)c1. The lowest BCUT2D eigenvalue weighted by Gasteiger charge is -2.23. The van der Waals surface area contributed by atoms with Crippen molar-refractivity contribution in [3.63, 3.8) is 0 Å². The Morgan fingerprint density at radius 3 is 2.52 bits per heavy atom. The minimum atomic E-state index is -3.60. The number of hydrogen-bond acceptors (Lipinski definition) is 4. The van der Waals surface area contributed by atoms with Gasteiger partial charge in [0.05, 0.1) is 33.9 Å². The van der Waals surface area contributed by atoms with Gasteiger partial charge < -0.3 is 14.4 Å². The minimum absolute atomic E-state index is 0.115. The Bertz CT molecular complexity index is 598. The molecule has 6 nitrogen and oxygen atoms in total. The van der Waals surface area contributed by atoms with Crippen LogP contribution in [0.2, 0.25) is 0 Å². The molecule has 1 heterocycles. The molecule has 0 saturated carbocycles. The largest absolute Gasteiger partial charge is 0.497 e. The van der Waals surface area contributed by atoms with Gasteiger partial charge in [-0.2, -0.15) is 0 Å². The van der Waals surface area contributed by atoms with Crippen LogP contribution in [-0.2, 0) is 10.0 Å². The van der Waals surface area contributed by atoms with E-state index in [1.165, 1.54) is 52.6 Å². The van der Waals surface area contributed by atoms with Crippen molar-refractivity contribution in [2.75, 3.05) is 40.4 Å². The Morgan fingerprint density at radius 2 is 1.87 bits per heavy atom. The summed E-state index contributed by atoms with van der Waals surface area (Å²) >= 11 is 0. The number of benzene rings is 1. The number of piperidine rings is 1. The molecule has 1 aromatic carbocycles. The van der Waals surface area contributed by atoms with Crippen LogP contribution in [0.5, 0.6) is 11.5 Å². The number of methoxy groups -OCH3 is 2. The second-order valence-corrected chi connectivity index (χ2v) is 7.56. The smallest absolute Gasteiger partial charge is 0.244 e. The number of quaternary nitrogens is 1. The summed E-state index contributed by atoms with van der Waals surface area (Å²) < 4.78 is 37.9. The van der Waals surface area contributed by atoms with Gasteiger partial charge in [-0.1, -0.05) is 0 Å². The van der Waals surface area contributed by atoms with Crippen molar-refractivity contribution in [3.8, 4) is 11.5 Å². The van der Waals surface area contributed by atoms with Gasteiger partial charge >= 0.3 is 0 Å². The van der Waals surface area contributed by atoms with Crippen molar-refractivity contribution < 1.29 is 22.8 Å². The highest BCUT2D eigenvalue weighted by atomic mass is 32.2. The molecule has 23 heavy (non-hydrogen) atoms. The van der Waals surface area contributed by atoms with E-state index in [-0.39, 0.29) is 4.90 Å². The van der Waals surface area contributed by atoms with Crippen molar-refractivity contribution in [2.24, 2.45) is 0 Å². The van der Waals surface area contributed by atoms with E-state index in [4.69, 9.17) is 9.47 Å². The molecule has 7 heteroatoms. The van der Waals surface area contributed by atoms with Crippen LogP contribution in [0.4, 0.5) is 0 Å². The van der Waals surface area contributed by atoms with Gasteiger partial charge in [-0.25, -0.2) is 13.1 Å². The van der Waals surface area contributed by atoms with Crippen molar-refractivity contribution in [3.05, 3.63) is 18.2 Å². The number of rotatable bonds is 8. The molecule has 0 unspecified atom stereocenters. The fourth-order valence-corrected chi connectivity index (χ4v) is 4.17. The molecule has 1 fully saturated rings. The molecule has 130 valence electrons. The van der Waals surface area contributed by atoms with Crippen molar-refractivity contribution in [1.29, 1.82) is 0 Å². The lowest BCUT2D eigenvalue weighted by atomic mass is 10.1. The Labute approximate surface area is 138 Å². The lowest BCUT2D eigenvalue weighted by Crippen LogP contribution is -3.12. The summed E-state index contributed by atoms with van der Waals surface area (Å²) in [6, 6.07) is 4.76. The standard InChI is InChI=1S/C16H26N2O4S/c1-21-14-7-8-15(22-2)16(13-14)23(19,20)17-9-6-12-18-10-4-3-5-11-18/h7-8,13,17H,3-6,9-12H2,1-2H3/p+1. The van der Waals surface area contributed by atoms with Crippen LogP contribution < -0.4 is 19.1 Å². The first-order valence-electron chi connectivity index (χ1n) is 8.12. The van der Waals surface area contributed by atoms with Gasteiger partial charge in [0, 0.05) is 19.0 Å². The monoisotopic (exact) mass is 343 g/mol. The van der Waals surface area contributed by atoms with Crippen LogP contribution in [0.25, 0.3) is 0 Å². The van der Waals surface area contributed by atoms with Gasteiger partial charge in [0.15, 0.2) is 0 Å². The van der Waals surface area contributed by atoms with Crippen molar-refractivity contribution in [1.82, 2.24) is 4.72 Å². The molecule has 1 aliphatic rings. The third kappa shape index (κ3) is 5.09. The van der Waals surface area contributed by atoms with Gasteiger partial charge in [0.1, 0.15) is 16.4 Å². The topological polar surface area (TPSA) is 69.1 Å². The summed E-state index contributed by atoms with van der Waals surface area (Å²) in [7, 11) is -0.637. The molecule has 0 aromatic heterocycles. The second-order valence-electron chi connectivity index (χ2n) is 5.83. The summed E-state index contributed by atoms with van der Waals surface area (Å²) in [5, 5.41) is 0. The second kappa shape index (κ2) is 8.52. The fraction of sp³-hybridized carbons (Fsp3) is 0.625. The molecular formula is C16H27N2O4S+. The average molecular weight is 343 g/mol. The number of likely N-dealkylation sites (tertiary alicyclic amines) is 1. The highest BCUT2D eigenvalue weighted by Crippen LogP contribution is 2.27. The molecular weight excluding hydrogens is 316 g/mol. The van der Waals surface area contributed by atoms with Gasteiger partial charge in [-0.3, -0.25) is 0 Å². The molecule has 2 N–H and O–H groups in total. The zero-order chi connectivity index (χ0) is 16.7. The maximum absolute atomic E-state index is 12.5. The molecule has 0 atom stereocenters. The molecule has 2 rings (SSSR count). The van der Waals surface area contributed by atoms with Crippen LogP contribution in [0.3, 0.4) is 0 Å². The molecule has 1 saturated heterocycles. The quantitative estimate of drug-likeness (QED) is 0.672. The van der Waals surface area contributed by atoms with E-state index in [0.29, 0.717) is 18.0 Å². The summed E-state index contributed by atoms with van der Waals surface area (Å²) in [6.45, 7) is 3.86. The maximum atomic E-state index is 12.5. The van der Waals surface area contributed by atoms with Gasteiger partial charge in [-0.05, 0) is 31.4 Å². The minimum Gasteiger partial charge on any atom is -0.497 e. The van der Waals surface area contributed by atoms with Crippen LogP contribution in [0.15, 0.2) is 23.1 Å². The van der Waals surface area contributed by atoms with Crippen LogP contribution in [-0.4, -0.2) is 48.8 Å². The van der Waals surface area contributed by atoms with E-state index >= 15 is 0 Å². The van der Waals surface area contributed by atoms with Gasteiger partial charge in [-0.15, -0.1) is 0 Å². The van der Waals surface area contributed by atoms with E-state index in [1.54, 1.807) is 17.0 Å². The Kier molecular flexibility index (Phi) is 6.68. The van der Waals surface area contributed by atoms with Crippen LogP contribution in [0, 0.1) is 0 Å². The molecule has 0 spiro atoms. The summed E-state index contributed by atoms with van der Waals surface area (Å²) in [4.78, 5) is 1.69. The molecule has 1 aromatic rings. The summed E-state index contributed by atoms with van der Waals surface area (Å²) in [6.07, 6.45) is 4.72. The Morgan fingerprint density at radius 1 is 1.13 bits per heavy atom.